The van der Waals surface area contributed by atoms with Gasteiger partial charge in [-0.3, -0.25) is 24.0 Å². The summed E-state index contributed by atoms with van der Waals surface area (Å²) in [5, 5.41) is 0. The molecule has 6 aliphatic carbocycles. The van der Waals surface area contributed by atoms with Gasteiger partial charge in [-0.2, -0.15) is 0 Å². The molecule has 0 spiro atoms. The highest BCUT2D eigenvalue weighted by Gasteiger charge is 2.43. The molecule has 6 rings (SSSR count). The quantitative estimate of drug-likeness (QED) is 0.0242. The zero-order valence-electron chi connectivity index (χ0n) is 58.2. The maximum absolute atomic E-state index is 13.6. The number of rotatable bonds is 41. The first-order valence-corrected chi connectivity index (χ1v) is 42.1. The molecule has 1 unspecified atom stereocenters. The number of methoxy groups -OCH3 is 2. The average Bonchev–Trinajstić information content (AvgIpc) is 2.84. The van der Waals surface area contributed by atoms with E-state index in [0.717, 1.165) is 127 Å². The maximum atomic E-state index is 13.6. The summed E-state index contributed by atoms with van der Waals surface area (Å²) in [7, 11) is -2.70. The summed E-state index contributed by atoms with van der Waals surface area (Å²) in [4.78, 5) is 77.1. The minimum atomic E-state index is -2.91. The molecule has 0 aliphatic heterocycles. The van der Waals surface area contributed by atoms with Crippen LogP contribution < -0.4 is 0 Å². The number of ether oxygens (including phenoxy) is 8. The van der Waals surface area contributed by atoms with Crippen molar-refractivity contribution in [3.63, 3.8) is 0 Å². The van der Waals surface area contributed by atoms with Gasteiger partial charge in [-0.15, -0.1) is 0 Å². The predicted octanol–water partition coefficient (Wildman–Crippen LogP) is 14.8. The van der Waals surface area contributed by atoms with Crippen molar-refractivity contribution < 1.29 is 79.6 Å². The highest BCUT2D eigenvalue weighted by atomic mass is 28.5. The van der Waals surface area contributed by atoms with E-state index < -0.39 is 22.5 Å². The number of carbonyl (C=O) groups is 6. The molecule has 0 heterocycles. The van der Waals surface area contributed by atoms with Crippen LogP contribution in [0.4, 0.5) is 0 Å². The molecule has 0 aromatic rings. The van der Waals surface area contributed by atoms with Crippen molar-refractivity contribution in [2.45, 2.75) is 258 Å². The predicted molar refractivity (Wildman–Crippen MR) is 355 cm³/mol. The third-order valence-corrected chi connectivity index (χ3v) is 27.2. The van der Waals surface area contributed by atoms with E-state index in [1.54, 1.807) is 14.0 Å². The average molecular weight is 1320 g/mol. The van der Waals surface area contributed by atoms with Crippen molar-refractivity contribution in [1.29, 1.82) is 0 Å². The SMILES string of the molecule is CCC(COCCOCCOCCOCCOC)(COC(=O)CC1CCC(CC2CCC(CC(=O)OC)CC2)CC1)COC(=O)CC1CCC(CC2CCC(CC(=O)O[Si](C)(C)O[Si](C)(C)OC(=O)CC3CCC(CC4CCC(CC(C)=O)CC4)CC3)CC2)CC1. The minimum absolute atomic E-state index is 0.0962. The lowest BCUT2D eigenvalue weighted by Gasteiger charge is -2.35. The third-order valence-electron chi connectivity index (χ3n) is 21.9. The largest absolute Gasteiger partial charge is 0.495 e. The molecule has 524 valence electrons. The molecule has 6 saturated carbocycles. The third kappa shape index (κ3) is 31.3. The molecular weight excluding hydrogens is 1190 g/mol. The Morgan fingerprint density at radius 3 is 0.890 bits per heavy atom. The number of Topliss-reactive ketones (excluding diaryl/α,β-unsaturated/α-hetero) is 1. The molecule has 6 aliphatic rings. The van der Waals surface area contributed by atoms with Crippen molar-refractivity contribution in [3.8, 4) is 0 Å². The van der Waals surface area contributed by atoms with Crippen molar-refractivity contribution in [1.82, 2.24) is 0 Å². The second-order valence-electron chi connectivity index (χ2n) is 30.4. The molecule has 0 bridgehead atoms. The first-order chi connectivity index (χ1) is 43.7. The van der Waals surface area contributed by atoms with E-state index in [4.69, 9.17) is 50.9 Å². The number of esters is 3. The molecule has 1 atom stereocenters. The van der Waals surface area contributed by atoms with Crippen LogP contribution in [0.5, 0.6) is 0 Å². The van der Waals surface area contributed by atoms with E-state index in [2.05, 4.69) is 0 Å². The first kappa shape index (κ1) is 77.2. The minimum Gasteiger partial charge on any atom is -0.495 e. The van der Waals surface area contributed by atoms with Gasteiger partial charge < -0.3 is 55.7 Å². The summed E-state index contributed by atoms with van der Waals surface area (Å²) in [6.45, 7) is 15.5. The van der Waals surface area contributed by atoms with E-state index in [1.165, 1.54) is 77.7 Å². The lowest BCUT2D eigenvalue weighted by Crippen LogP contribution is -2.50. The molecular formula is C72H126O17Si2. The summed E-state index contributed by atoms with van der Waals surface area (Å²) in [6, 6.07) is 0. The molecule has 6 fully saturated rings. The Morgan fingerprint density at radius 2 is 0.604 bits per heavy atom. The Morgan fingerprint density at radius 1 is 0.341 bits per heavy atom. The van der Waals surface area contributed by atoms with Crippen molar-refractivity contribution >= 4 is 52.8 Å². The summed E-state index contributed by atoms with van der Waals surface area (Å²) in [5.41, 5.74) is -0.689. The first-order valence-electron chi connectivity index (χ1n) is 36.5. The highest BCUT2D eigenvalue weighted by Crippen LogP contribution is 2.44. The van der Waals surface area contributed by atoms with E-state index >= 15 is 0 Å². The maximum Gasteiger partial charge on any atom is 0.387 e. The van der Waals surface area contributed by atoms with Gasteiger partial charge in [0.25, 0.3) is 11.9 Å². The summed E-state index contributed by atoms with van der Waals surface area (Å²) >= 11 is 0. The smallest absolute Gasteiger partial charge is 0.387 e. The number of hydrogen-bond acceptors (Lipinski definition) is 17. The highest BCUT2D eigenvalue weighted by molar-refractivity contribution is 6.80. The molecule has 17 nitrogen and oxygen atoms in total. The van der Waals surface area contributed by atoms with E-state index in [1.807, 2.05) is 33.1 Å². The van der Waals surface area contributed by atoms with Gasteiger partial charge in [0.15, 0.2) is 0 Å². The fourth-order valence-corrected chi connectivity index (χ4v) is 22.8. The van der Waals surface area contributed by atoms with Crippen molar-refractivity contribution in [3.05, 3.63) is 0 Å². The van der Waals surface area contributed by atoms with E-state index in [9.17, 15) is 28.8 Å². The van der Waals surface area contributed by atoms with E-state index in [0.29, 0.717) is 145 Å². The summed E-state index contributed by atoms with van der Waals surface area (Å²) in [6.07, 6.45) is 34.0. The van der Waals surface area contributed by atoms with Gasteiger partial charge in [0.1, 0.15) is 19.0 Å². The Labute approximate surface area is 551 Å². The molecule has 0 N–H and O–H groups in total. The van der Waals surface area contributed by atoms with Crippen LogP contribution in [-0.4, -0.2) is 140 Å². The van der Waals surface area contributed by atoms with Gasteiger partial charge in [-0.05, 0) is 207 Å². The van der Waals surface area contributed by atoms with Crippen LogP contribution in [0, 0.1) is 76.4 Å². The van der Waals surface area contributed by atoms with Gasteiger partial charge in [0.05, 0.1) is 72.0 Å². The Hall–Kier alpha value is -2.79. The molecule has 0 radical (unpaired) electrons. The van der Waals surface area contributed by atoms with Crippen LogP contribution in [0.15, 0.2) is 0 Å². The van der Waals surface area contributed by atoms with Gasteiger partial charge >= 0.3 is 35.0 Å². The Bertz CT molecular complexity index is 2100. The molecule has 0 aromatic heterocycles. The Kier molecular flexibility index (Phi) is 35.1. The summed E-state index contributed by atoms with van der Waals surface area (Å²) in [5.74, 6) is 5.90. The van der Waals surface area contributed by atoms with Crippen LogP contribution in [0.2, 0.25) is 26.2 Å². The van der Waals surface area contributed by atoms with Gasteiger partial charge in [0.2, 0.25) is 0 Å². The van der Waals surface area contributed by atoms with Crippen LogP contribution in [0.25, 0.3) is 0 Å². The van der Waals surface area contributed by atoms with Crippen molar-refractivity contribution in [2.24, 2.45) is 76.4 Å². The fourth-order valence-electron chi connectivity index (χ4n) is 16.5. The second-order valence-corrected chi connectivity index (χ2v) is 37.3. The lowest BCUT2D eigenvalue weighted by molar-refractivity contribution is -0.160. The van der Waals surface area contributed by atoms with Crippen LogP contribution >= 0.6 is 0 Å². The molecule has 0 saturated heterocycles. The summed E-state index contributed by atoms with van der Waals surface area (Å²) < 4.78 is 63.6. The Balaban J connectivity index is 0.837. The monoisotopic (exact) mass is 1320 g/mol. The second kappa shape index (κ2) is 41.3. The molecule has 0 amide bonds. The zero-order valence-corrected chi connectivity index (χ0v) is 60.2. The normalized spacial score (nSPS) is 28.3. The molecule has 19 heteroatoms. The van der Waals surface area contributed by atoms with Gasteiger partial charge in [0, 0.05) is 45.6 Å². The van der Waals surface area contributed by atoms with Gasteiger partial charge in [-0.25, -0.2) is 0 Å². The fraction of sp³-hybridized carbons (Fsp3) is 0.917. The molecule has 91 heavy (non-hydrogen) atoms. The lowest BCUT2D eigenvalue weighted by atomic mass is 9.72. The number of carbonyl (C=O) groups excluding carboxylic acids is 6. The van der Waals surface area contributed by atoms with Crippen LogP contribution in [0.1, 0.15) is 232 Å². The van der Waals surface area contributed by atoms with Crippen LogP contribution in [0.3, 0.4) is 0 Å². The molecule has 0 aromatic carbocycles. The number of hydrogen-bond donors (Lipinski definition) is 0. The van der Waals surface area contributed by atoms with E-state index in [-0.39, 0.29) is 55.6 Å². The number of ketones is 1. The van der Waals surface area contributed by atoms with Gasteiger partial charge in [-0.1, -0.05) is 84.0 Å². The van der Waals surface area contributed by atoms with Crippen molar-refractivity contribution in [2.75, 3.05) is 86.9 Å². The standard InChI is InChI=1S/C72H126O17Si2/c1-9-72(51-84-41-40-83-39-38-82-37-36-81-35-34-79-3,52-85-68(75)47-63-26-16-58(17-27-63)44-57-14-24-62(25-15-57)46-67(74)80-4)53-86-69(76)48-64-28-18-59(19-29-64)45-61-22-32-66(33-23-61)50-71(78)88-91(7,8)89-90(5,6)87-70(77)49-65-30-20-60(21-31-65)43-56-12-10-55(11-13-56)42-54(2)73/h55-66H,9-53H2,1-8H3. The van der Waals surface area contributed by atoms with Crippen LogP contribution in [-0.2, 0) is 79.6 Å². The zero-order chi connectivity index (χ0) is 65.5. The topological polar surface area (TPSA) is 204 Å².